The van der Waals surface area contributed by atoms with Crippen molar-refractivity contribution in [1.29, 1.82) is 0 Å². The zero-order valence-electron chi connectivity index (χ0n) is 20.2. The largest absolute Gasteiger partial charge is 0.495 e. The second-order valence-corrected chi connectivity index (χ2v) is 9.40. The van der Waals surface area contributed by atoms with E-state index >= 15 is 0 Å². The number of thioether (sulfide) groups is 1. The third-order valence-corrected chi connectivity index (χ3v) is 7.10. The Morgan fingerprint density at radius 2 is 1.64 bits per heavy atom. The quantitative estimate of drug-likeness (QED) is 0.329. The van der Waals surface area contributed by atoms with Crippen LogP contribution in [0.3, 0.4) is 0 Å². The van der Waals surface area contributed by atoms with E-state index in [2.05, 4.69) is 26.9 Å². The highest BCUT2D eigenvalue weighted by Gasteiger charge is 2.20. The highest BCUT2D eigenvalue weighted by molar-refractivity contribution is 7.98. The first-order valence-corrected chi connectivity index (χ1v) is 12.9. The number of aromatic nitrogens is 3. The average Bonchev–Trinajstić information content (AvgIpc) is 3.34. The van der Waals surface area contributed by atoms with Crippen LogP contribution in [0.2, 0.25) is 0 Å². The summed E-state index contributed by atoms with van der Waals surface area (Å²) >= 11 is 1.61. The maximum Gasteiger partial charge on any atom is 0.254 e. The number of benzene rings is 3. The van der Waals surface area contributed by atoms with Gasteiger partial charge < -0.3 is 14.4 Å². The predicted molar refractivity (Wildman–Crippen MR) is 140 cm³/mol. The summed E-state index contributed by atoms with van der Waals surface area (Å²) in [5, 5.41) is 9.87. The van der Waals surface area contributed by atoms with Crippen molar-refractivity contribution in [3.63, 3.8) is 0 Å². The van der Waals surface area contributed by atoms with Gasteiger partial charge in [0.05, 0.1) is 26.0 Å². The van der Waals surface area contributed by atoms with Gasteiger partial charge in [0, 0.05) is 30.8 Å². The second-order valence-electron chi connectivity index (χ2n) is 8.46. The number of carbonyl (C=O) groups is 1. The van der Waals surface area contributed by atoms with Crippen LogP contribution in [-0.4, -0.2) is 59.0 Å². The fraction of sp³-hybridized carbons (Fsp3) is 0.250. The van der Waals surface area contributed by atoms with Gasteiger partial charge in [0.2, 0.25) is 0 Å². The second kappa shape index (κ2) is 11.4. The summed E-state index contributed by atoms with van der Waals surface area (Å²) < 4.78 is 13.1. The van der Waals surface area contributed by atoms with Gasteiger partial charge >= 0.3 is 0 Å². The summed E-state index contributed by atoms with van der Waals surface area (Å²) in [6, 6.07) is 26.0. The van der Waals surface area contributed by atoms with Crippen LogP contribution < -0.4 is 4.74 Å². The Morgan fingerprint density at radius 3 is 2.39 bits per heavy atom. The van der Waals surface area contributed by atoms with E-state index in [0.717, 1.165) is 33.5 Å². The number of rotatable bonds is 8. The summed E-state index contributed by atoms with van der Waals surface area (Å²) in [6.45, 7) is 2.47. The zero-order valence-corrected chi connectivity index (χ0v) is 21.0. The molecular formula is C28H28N4O3S. The summed E-state index contributed by atoms with van der Waals surface area (Å²) in [7, 11) is 1.67. The Labute approximate surface area is 215 Å². The Bertz CT molecular complexity index is 1300. The minimum atomic E-state index is 0.0546. The lowest BCUT2D eigenvalue weighted by atomic mass is 10.1. The highest BCUT2D eigenvalue weighted by Crippen LogP contribution is 2.31. The lowest BCUT2D eigenvalue weighted by molar-refractivity contribution is 0.0303. The van der Waals surface area contributed by atoms with Gasteiger partial charge in [-0.3, -0.25) is 9.36 Å². The average molecular weight is 501 g/mol. The number of hydrogen-bond acceptors (Lipinski definition) is 6. The molecule has 1 aromatic heterocycles. The number of carbonyl (C=O) groups excluding carboxylic acids is 1. The summed E-state index contributed by atoms with van der Waals surface area (Å²) in [4.78, 5) is 14.6. The number of nitrogens with zero attached hydrogens (tertiary/aromatic N) is 4. The van der Waals surface area contributed by atoms with Crippen LogP contribution in [0.5, 0.6) is 5.75 Å². The van der Waals surface area contributed by atoms with Crippen LogP contribution in [0, 0.1) is 0 Å². The molecule has 8 heteroatoms. The third-order valence-electron chi connectivity index (χ3n) is 6.10. The highest BCUT2D eigenvalue weighted by atomic mass is 32.2. The minimum Gasteiger partial charge on any atom is -0.495 e. The standard InChI is InChI=1S/C28H28N4O3S/c1-34-25-10-6-5-9-24(25)32-26(19-21-7-3-2-4-8-21)29-30-28(32)36-20-22-11-13-23(14-12-22)27(33)31-15-17-35-18-16-31/h2-14H,15-20H2,1H3. The molecule has 3 aromatic carbocycles. The number of methoxy groups -OCH3 is 1. The molecule has 7 nitrogen and oxygen atoms in total. The van der Waals surface area contributed by atoms with Gasteiger partial charge in [-0.1, -0.05) is 66.4 Å². The van der Waals surface area contributed by atoms with E-state index in [-0.39, 0.29) is 5.91 Å². The van der Waals surface area contributed by atoms with E-state index in [9.17, 15) is 4.79 Å². The molecule has 0 spiro atoms. The number of ether oxygens (including phenoxy) is 2. The summed E-state index contributed by atoms with van der Waals surface area (Å²) in [6.07, 6.45) is 0.658. The van der Waals surface area contributed by atoms with Crippen molar-refractivity contribution in [3.8, 4) is 11.4 Å². The van der Waals surface area contributed by atoms with E-state index in [4.69, 9.17) is 9.47 Å². The smallest absolute Gasteiger partial charge is 0.254 e. The molecular weight excluding hydrogens is 472 g/mol. The topological polar surface area (TPSA) is 69.5 Å². The van der Waals surface area contributed by atoms with Crippen LogP contribution in [0.1, 0.15) is 27.3 Å². The normalized spacial score (nSPS) is 13.5. The molecule has 184 valence electrons. The Hall–Kier alpha value is -3.62. The van der Waals surface area contributed by atoms with Crippen LogP contribution in [0.15, 0.2) is 84.0 Å². The Balaban J connectivity index is 1.36. The molecule has 1 amide bonds. The van der Waals surface area contributed by atoms with Gasteiger partial charge in [0.15, 0.2) is 5.16 Å². The first-order valence-electron chi connectivity index (χ1n) is 11.9. The van der Waals surface area contributed by atoms with E-state index < -0.39 is 0 Å². The van der Waals surface area contributed by atoms with Crippen LogP contribution >= 0.6 is 11.8 Å². The number of hydrogen-bond donors (Lipinski definition) is 0. The van der Waals surface area contributed by atoms with Crippen molar-refractivity contribution < 1.29 is 14.3 Å². The number of amides is 1. The molecule has 1 saturated heterocycles. The Kier molecular flexibility index (Phi) is 7.64. The predicted octanol–water partition coefficient (Wildman–Crippen LogP) is 4.63. The molecule has 4 aromatic rings. The van der Waals surface area contributed by atoms with Crippen molar-refractivity contribution in [2.24, 2.45) is 0 Å². The van der Waals surface area contributed by atoms with Crippen molar-refractivity contribution in [3.05, 3.63) is 101 Å². The zero-order chi connectivity index (χ0) is 24.7. The number of para-hydroxylation sites is 2. The van der Waals surface area contributed by atoms with Crippen molar-refractivity contribution in [2.45, 2.75) is 17.3 Å². The Morgan fingerprint density at radius 1 is 0.917 bits per heavy atom. The molecule has 0 unspecified atom stereocenters. The van der Waals surface area contributed by atoms with Crippen molar-refractivity contribution in [2.75, 3.05) is 33.4 Å². The minimum absolute atomic E-state index is 0.0546. The van der Waals surface area contributed by atoms with Crippen LogP contribution in [0.25, 0.3) is 5.69 Å². The van der Waals surface area contributed by atoms with Crippen LogP contribution in [-0.2, 0) is 16.9 Å². The SMILES string of the molecule is COc1ccccc1-n1c(Cc2ccccc2)nnc1SCc1ccc(C(=O)N2CCOCC2)cc1. The maximum absolute atomic E-state index is 12.7. The van der Waals surface area contributed by atoms with E-state index in [1.165, 1.54) is 0 Å². The van der Waals surface area contributed by atoms with Gasteiger partial charge in [0.1, 0.15) is 11.6 Å². The molecule has 2 heterocycles. The number of morpholine rings is 1. The molecule has 0 saturated carbocycles. The first kappa shape index (κ1) is 24.1. The molecule has 0 N–H and O–H groups in total. The molecule has 1 aliphatic rings. The fourth-order valence-corrected chi connectivity index (χ4v) is 5.10. The third kappa shape index (κ3) is 5.45. The summed E-state index contributed by atoms with van der Waals surface area (Å²) in [5.41, 5.74) is 3.88. The molecule has 0 radical (unpaired) electrons. The van der Waals surface area contributed by atoms with Crippen molar-refractivity contribution >= 4 is 17.7 Å². The molecule has 0 atom stereocenters. The van der Waals surface area contributed by atoms with Gasteiger partial charge in [-0.15, -0.1) is 10.2 Å². The molecule has 0 aliphatic carbocycles. The molecule has 1 fully saturated rings. The van der Waals surface area contributed by atoms with Gasteiger partial charge in [-0.2, -0.15) is 0 Å². The molecule has 36 heavy (non-hydrogen) atoms. The molecule has 0 bridgehead atoms. The summed E-state index contributed by atoms with van der Waals surface area (Å²) in [5.74, 6) is 2.36. The molecule has 5 rings (SSSR count). The maximum atomic E-state index is 12.7. The van der Waals surface area contributed by atoms with Gasteiger partial charge in [-0.25, -0.2) is 0 Å². The lowest BCUT2D eigenvalue weighted by Gasteiger charge is -2.26. The van der Waals surface area contributed by atoms with E-state index in [1.807, 2.05) is 71.6 Å². The first-order chi connectivity index (χ1) is 17.7. The fourth-order valence-electron chi connectivity index (χ4n) is 4.18. The van der Waals surface area contributed by atoms with Crippen LogP contribution in [0.4, 0.5) is 0 Å². The monoisotopic (exact) mass is 500 g/mol. The van der Waals surface area contributed by atoms with E-state index in [0.29, 0.717) is 44.0 Å². The molecule has 1 aliphatic heterocycles. The van der Waals surface area contributed by atoms with E-state index in [1.54, 1.807) is 18.9 Å². The van der Waals surface area contributed by atoms with Gasteiger partial charge in [-0.05, 0) is 35.4 Å². The van der Waals surface area contributed by atoms with Gasteiger partial charge in [0.25, 0.3) is 5.91 Å². The lowest BCUT2D eigenvalue weighted by Crippen LogP contribution is -2.40. The van der Waals surface area contributed by atoms with Crippen molar-refractivity contribution in [1.82, 2.24) is 19.7 Å².